The van der Waals surface area contributed by atoms with Gasteiger partial charge in [-0.2, -0.15) is 0 Å². The second-order valence-corrected chi connectivity index (χ2v) is 4.84. The van der Waals surface area contributed by atoms with Gasteiger partial charge >= 0.3 is 5.97 Å². The Kier molecular flexibility index (Phi) is 4.93. The lowest BCUT2D eigenvalue weighted by atomic mass is 9.92. The zero-order chi connectivity index (χ0) is 13.0. The van der Waals surface area contributed by atoms with Crippen molar-refractivity contribution in [1.82, 2.24) is 5.32 Å². The molecule has 0 radical (unpaired) electrons. The molecule has 5 nitrogen and oxygen atoms in total. The van der Waals surface area contributed by atoms with Gasteiger partial charge in [0.25, 0.3) is 0 Å². The van der Waals surface area contributed by atoms with Crippen LogP contribution in [0.3, 0.4) is 0 Å². The molecule has 16 heavy (non-hydrogen) atoms. The Morgan fingerprint density at radius 1 is 1.25 bits per heavy atom. The number of aliphatic hydroxyl groups excluding tert-OH is 1. The highest BCUT2D eigenvalue weighted by Gasteiger charge is 2.36. The quantitative estimate of drug-likeness (QED) is 0.674. The maximum absolute atomic E-state index is 11.7. The van der Waals surface area contributed by atoms with Crippen molar-refractivity contribution in [3.8, 4) is 0 Å². The van der Waals surface area contributed by atoms with E-state index in [2.05, 4.69) is 5.32 Å². The Labute approximate surface area is 96.2 Å². The third kappa shape index (κ3) is 3.81. The van der Waals surface area contributed by atoms with Gasteiger partial charge in [-0.05, 0) is 34.6 Å². The molecule has 0 aromatic carbocycles. The fourth-order valence-corrected chi connectivity index (χ4v) is 0.887. The summed E-state index contributed by atoms with van der Waals surface area (Å²) in [5, 5.41) is 11.6. The number of hydrogen-bond acceptors (Lipinski definition) is 4. The van der Waals surface area contributed by atoms with Gasteiger partial charge in [-0.3, -0.25) is 4.79 Å². The first-order valence-corrected chi connectivity index (χ1v) is 5.28. The fourth-order valence-electron chi connectivity index (χ4n) is 0.887. The van der Waals surface area contributed by atoms with E-state index < -0.39 is 16.9 Å². The van der Waals surface area contributed by atoms with Gasteiger partial charge in [0.2, 0.25) is 5.91 Å². The Balaban J connectivity index is 4.59. The molecule has 0 spiro atoms. The summed E-state index contributed by atoms with van der Waals surface area (Å²) < 4.78 is 4.84. The lowest BCUT2D eigenvalue weighted by Crippen LogP contribution is -2.54. The minimum Gasteiger partial charge on any atom is -0.464 e. The summed E-state index contributed by atoms with van der Waals surface area (Å²) in [7, 11) is 0. The Bertz CT molecular complexity index is 271. The second-order valence-electron chi connectivity index (χ2n) is 4.84. The fraction of sp³-hybridized carbons (Fsp3) is 0.818. The van der Waals surface area contributed by atoms with Crippen molar-refractivity contribution in [2.24, 2.45) is 5.41 Å². The smallest absolute Gasteiger partial charge is 0.331 e. The molecule has 0 fully saturated rings. The summed E-state index contributed by atoms with van der Waals surface area (Å²) >= 11 is 0. The van der Waals surface area contributed by atoms with Crippen molar-refractivity contribution in [2.75, 3.05) is 13.2 Å². The number of carbonyl (C=O) groups excluding carboxylic acids is 2. The number of aliphatic hydroxyl groups is 1. The maximum atomic E-state index is 11.7. The van der Waals surface area contributed by atoms with Crippen LogP contribution in [0.15, 0.2) is 0 Å². The lowest BCUT2D eigenvalue weighted by Gasteiger charge is -2.29. The monoisotopic (exact) mass is 231 g/mol. The van der Waals surface area contributed by atoms with Crippen LogP contribution in [-0.4, -0.2) is 35.7 Å². The maximum Gasteiger partial charge on any atom is 0.331 e. The van der Waals surface area contributed by atoms with Crippen LogP contribution in [0.4, 0.5) is 0 Å². The average molecular weight is 231 g/mol. The summed E-state index contributed by atoms with van der Waals surface area (Å²) in [6.07, 6.45) is 0. The molecule has 0 bridgehead atoms. The van der Waals surface area contributed by atoms with Crippen molar-refractivity contribution in [3.05, 3.63) is 0 Å². The Morgan fingerprint density at radius 2 is 1.75 bits per heavy atom. The lowest BCUT2D eigenvalue weighted by molar-refractivity contribution is -0.153. The summed E-state index contributed by atoms with van der Waals surface area (Å²) in [4.78, 5) is 23.3. The van der Waals surface area contributed by atoms with Crippen molar-refractivity contribution in [2.45, 2.75) is 40.2 Å². The van der Waals surface area contributed by atoms with E-state index in [0.29, 0.717) is 0 Å². The van der Waals surface area contributed by atoms with Crippen LogP contribution < -0.4 is 5.32 Å². The van der Waals surface area contributed by atoms with Gasteiger partial charge in [-0.15, -0.1) is 0 Å². The molecule has 0 atom stereocenters. The van der Waals surface area contributed by atoms with Gasteiger partial charge in [0, 0.05) is 0 Å². The molecular weight excluding hydrogens is 210 g/mol. The van der Waals surface area contributed by atoms with Crippen LogP contribution in [0.1, 0.15) is 34.6 Å². The molecule has 0 aliphatic carbocycles. The highest BCUT2D eigenvalue weighted by atomic mass is 16.5. The third-order valence-electron chi connectivity index (χ3n) is 2.22. The normalized spacial score (nSPS) is 12.1. The molecule has 5 heteroatoms. The number of nitrogens with one attached hydrogen (secondary N) is 1. The van der Waals surface area contributed by atoms with Crippen molar-refractivity contribution in [1.29, 1.82) is 0 Å². The minimum absolute atomic E-state index is 0.265. The predicted octanol–water partition coefficient (Wildman–Crippen LogP) is 0.463. The summed E-state index contributed by atoms with van der Waals surface area (Å²) in [5.74, 6) is -0.870. The molecule has 0 unspecified atom stereocenters. The molecule has 0 aliphatic heterocycles. The number of esters is 1. The molecule has 94 valence electrons. The summed E-state index contributed by atoms with van der Waals surface area (Å²) in [6, 6.07) is 0. The molecule has 0 heterocycles. The molecule has 0 saturated heterocycles. The average Bonchev–Trinajstić information content (AvgIpc) is 2.17. The van der Waals surface area contributed by atoms with Crippen molar-refractivity contribution >= 4 is 11.9 Å². The van der Waals surface area contributed by atoms with E-state index in [0.717, 1.165) is 0 Å². The van der Waals surface area contributed by atoms with E-state index in [4.69, 9.17) is 9.84 Å². The van der Waals surface area contributed by atoms with Crippen LogP contribution in [-0.2, 0) is 14.3 Å². The van der Waals surface area contributed by atoms with Crippen LogP contribution in [0.25, 0.3) is 0 Å². The minimum atomic E-state index is -1.08. The van der Waals surface area contributed by atoms with Gasteiger partial charge in [0.15, 0.2) is 0 Å². The van der Waals surface area contributed by atoms with E-state index in [-0.39, 0.29) is 19.1 Å². The highest BCUT2D eigenvalue weighted by Crippen LogP contribution is 2.16. The number of ether oxygens (including phenoxy) is 1. The van der Waals surface area contributed by atoms with E-state index >= 15 is 0 Å². The number of hydrogen-bond donors (Lipinski definition) is 2. The number of carbonyl (C=O) groups is 2. The number of rotatable bonds is 5. The highest BCUT2D eigenvalue weighted by molar-refractivity contribution is 5.89. The Morgan fingerprint density at radius 3 is 2.12 bits per heavy atom. The first-order valence-electron chi connectivity index (χ1n) is 5.28. The molecular formula is C11H21NO4. The van der Waals surface area contributed by atoms with Gasteiger partial charge in [0.1, 0.15) is 5.54 Å². The standard InChI is InChI=1S/C11H21NO4/c1-6-16-9(15)11(4,5)12-8(14)10(2,3)7-13/h13H,6-7H2,1-5H3,(H,12,14). The molecule has 0 aliphatic rings. The van der Waals surface area contributed by atoms with E-state index in [1.165, 1.54) is 0 Å². The molecule has 0 aromatic heterocycles. The predicted molar refractivity (Wildman–Crippen MR) is 59.7 cm³/mol. The Hall–Kier alpha value is -1.10. The van der Waals surface area contributed by atoms with E-state index in [1.807, 2.05) is 0 Å². The molecule has 0 saturated carbocycles. The van der Waals surface area contributed by atoms with Crippen LogP contribution >= 0.6 is 0 Å². The molecule has 2 N–H and O–H groups in total. The third-order valence-corrected chi connectivity index (χ3v) is 2.22. The van der Waals surface area contributed by atoms with Gasteiger partial charge in [0.05, 0.1) is 18.6 Å². The zero-order valence-corrected chi connectivity index (χ0v) is 10.6. The summed E-state index contributed by atoms with van der Waals surface area (Å²) in [5.41, 5.74) is -2.00. The largest absolute Gasteiger partial charge is 0.464 e. The molecule has 0 aromatic rings. The molecule has 0 rings (SSSR count). The van der Waals surface area contributed by atoms with E-state index in [9.17, 15) is 9.59 Å². The SMILES string of the molecule is CCOC(=O)C(C)(C)NC(=O)C(C)(C)CO. The van der Waals surface area contributed by atoms with Crippen LogP contribution in [0.2, 0.25) is 0 Å². The van der Waals surface area contributed by atoms with Gasteiger partial charge in [-0.1, -0.05) is 0 Å². The van der Waals surface area contributed by atoms with Gasteiger partial charge in [-0.25, -0.2) is 4.79 Å². The topological polar surface area (TPSA) is 75.6 Å². The van der Waals surface area contributed by atoms with Crippen molar-refractivity contribution < 1.29 is 19.4 Å². The van der Waals surface area contributed by atoms with E-state index in [1.54, 1.807) is 34.6 Å². The van der Waals surface area contributed by atoms with Gasteiger partial charge < -0.3 is 15.2 Å². The zero-order valence-electron chi connectivity index (χ0n) is 10.6. The van der Waals surface area contributed by atoms with Crippen LogP contribution in [0.5, 0.6) is 0 Å². The number of amides is 1. The first-order chi connectivity index (χ1) is 7.17. The second kappa shape index (κ2) is 5.30. The van der Waals surface area contributed by atoms with Crippen molar-refractivity contribution in [3.63, 3.8) is 0 Å². The van der Waals surface area contributed by atoms with Crippen LogP contribution in [0, 0.1) is 5.41 Å². The first kappa shape index (κ1) is 14.9. The summed E-state index contributed by atoms with van der Waals surface area (Å²) in [6.45, 7) is 8.02. The molecule has 1 amide bonds.